The number of hydrogen-bond acceptors (Lipinski definition) is 4. The molecule has 0 heterocycles. The van der Waals surface area contributed by atoms with Crippen molar-refractivity contribution in [1.29, 1.82) is 0 Å². The lowest BCUT2D eigenvalue weighted by atomic mass is 9.96. The van der Waals surface area contributed by atoms with E-state index in [-0.39, 0.29) is 13.2 Å². The summed E-state index contributed by atoms with van der Waals surface area (Å²) in [6, 6.07) is 13.5. The summed E-state index contributed by atoms with van der Waals surface area (Å²) < 4.78 is 5.86. The van der Waals surface area contributed by atoms with Gasteiger partial charge in [-0.1, -0.05) is 56.3 Å². The topological polar surface area (TPSA) is 69.9 Å². The summed E-state index contributed by atoms with van der Waals surface area (Å²) in [5, 5.41) is 29.0. The molecule has 29 heavy (non-hydrogen) atoms. The monoisotopic (exact) mass is 396 g/mol. The highest BCUT2D eigenvalue weighted by atomic mass is 16.5. The van der Waals surface area contributed by atoms with E-state index in [4.69, 9.17) is 4.74 Å². The Kier molecular flexibility index (Phi) is 8.65. The average Bonchev–Trinajstić information content (AvgIpc) is 2.77. The van der Waals surface area contributed by atoms with E-state index in [1.807, 2.05) is 51.1 Å². The molecular weight excluding hydrogens is 364 g/mol. The maximum Gasteiger partial charge on any atom is 0.120 e. The van der Waals surface area contributed by atoms with Crippen LogP contribution in [0.1, 0.15) is 55.9 Å². The fourth-order valence-electron chi connectivity index (χ4n) is 3.02. The molecule has 0 radical (unpaired) electrons. The molecule has 0 atom stereocenters. The maximum absolute atomic E-state index is 10.3. The van der Waals surface area contributed by atoms with E-state index in [2.05, 4.69) is 12.1 Å². The van der Waals surface area contributed by atoms with Gasteiger partial charge >= 0.3 is 0 Å². The first-order valence-corrected chi connectivity index (χ1v) is 10.1. The van der Waals surface area contributed by atoms with Gasteiger partial charge in [-0.15, -0.1) is 0 Å². The molecule has 0 aliphatic carbocycles. The van der Waals surface area contributed by atoms with E-state index in [0.717, 1.165) is 16.7 Å². The lowest BCUT2D eigenvalue weighted by Gasteiger charge is -2.19. The summed E-state index contributed by atoms with van der Waals surface area (Å²) in [7, 11) is 0. The molecule has 0 fully saturated rings. The summed E-state index contributed by atoms with van der Waals surface area (Å²) in [4.78, 5) is 0. The molecule has 0 aliphatic rings. The largest absolute Gasteiger partial charge is 0.489 e. The third-order valence-corrected chi connectivity index (χ3v) is 5.28. The van der Waals surface area contributed by atoms with Gasteiger partial charge in [-0.3, -0.25) is 0 Å². The van der Waals surface area contributed by atoms with Crippen LogP contribution >= 0.6 is 0 Å². The Bertz CT molecular complexity index is 848. The molecule has 0 saturated carbocycles. The molecule has 0 unspecified atom stereocenters. The van der Waals surface area contributed by atoms with Crippen LogP contribution in [0.25, 0.3) is 5.57 Å². The standard InChI is InChI=1S/C25H32O4/c1-4-25(28,5-2)13-7-8-19(3)21-10-6-9-20(14-21)18-29-24-12-11-22(16-26)23(15-24)17-27/h6-15,26-28H,4-5,16-18H2,1-3H3. The fraction of sp³-hybridized carbons (Fsp3) is 0.360. The van der Waals surface area contributed by atoms with Gasteiger partial charge in [0.2, 0.25) is 0 Å². The molecule has 4 heteroatoms. The van der Waals surface area contributed by atoms with Gasteiger partial charge < -0.3 is 20.1 Å². The van der Waals surface area contributed by atoms with Crippen molar-refractivity contribution in [2.75, 3.05) is 0 Å². The molecule has 0 aromatic heterocycles. The minimum Gasteiger partial charge on any atom is -0.489 e. The van der Waals surface area contributed by atoms with Crippen molar-refractivity contribution in [3.8, 4) is 5.75 Å². The first-order chi connectivity index (χ1) is 13.9. The fourth-order valence-corrected chi connectivity index (χ4v) is 3.02. The van der Waals surface area contributed by atoms with Gasteiger partial charge in [0.1, 0.15) is 12.4 Å². The van der Waals surface area contributed by atoms with Crippen LogP contribution in [0.3, 0.4) is 0 Å². The van der Waals surface area contributed by atoms with E-state index in [0.29, 0.717) is 36.3 Å². The summed E-state index contributed by atoms with van der Waals surface area (Å²) in [6.07, 6.45) is 7.17. The SMILES string of the molecule is CCC(O)(C=CC=C(C)c1cccc(COc2ccc(CO)c(CO)c2)c1)CC. The minimum absolute atomic E-state index is 0.105. The van der Waals surface area contributed by atoms with Crippen molar-refractivity contribution >= 4 is 5.57 Å². The number of hydrogen-bond donors (Lipinski definition) is 3. The molecule has 3 N–H and O–H groups in total. The van der Waals surface area contributed by atoms with Gasteiger partial charge in [-0.05, 0) is 65.8 Å². The molecular formula is C25H32O4. The summed E-state index contributed by atoms with van der Waals surface area (Å²) in [5.74, 6) is 0.658. The minimum atomic E-state index is -0.745. The number of allylic oxidation sites excluding steroid dienone is 3. The predicted octanol–water partition coefficient (Wildman–Crippen LogP) is 4.76. The molecule has 0 spiro atoms. The van der Waals surface area contributed by atoms with Crippen LogP contribution in [-0.2, 0) is 19.8 Å². The van der Waals surface area contributed by atoms with Crippen LogP contribution in [0, 0.1) is 0 Å². The van der Waals surface area contributed by atoms with Crippen LogP contribution in [0.5, 0.6) is 5.75 Å². The van der Waals surface area contributed by atoms with Gasteiger partial charge in [-0.25, -0.2) is 0 Å². The quantitative estimate of drug-likeness (QED) is 0.507. The molecule has 4 nitrogen and oxygen atoms in total. The Balaban J connectivity index is 2.07. The van der Waals surface area contributed by atoms with Crippen LogP contribution < -0.4 is 4.74 Å². The summed E-state index contributed by atoms with van der Waals surface area (Å²) in [6.45, 7) is 6.18. The van der Waals surface area contributed by atoms with E-state index in [1.54, 1.807) is 18.2 Å². The molecule has 0 aliphatic heterocycles. The van der Waals surface area contributed by atoms with Crippen LogP contribution in [0.2, 0.25) is 0 Å². The zero-order valence-corrected chi connectivity index (χ0v) is 17.6. The molecule has 2 aromatic rings. The van der Waals surface area contributed by atoms with E-state index in [9.17, 15) is 15.3 Å². The number of aliphatic hydroxyl groups excluding tert-OH is 2. The van der Waals surface area contributed by atoms with E-state index < -0.39 is 5.60 Å². The van der Waals surface area contributed by atoms with E-state index >= 15 is 0 Å². The number of ether oxygens (including phenoxy) is 1. The zero-order chi connectivity index (χ0) is 21.3. The summed E-state index contributed by atoms with van der Waals surface area (Å²) >= 11 is 0. The van der Waals surface area contributed by atoms with E-state index in [1.165, 1.54) is 0 Å². The highest BCUT2D eigenvalue weighted by Crippen LogP contribution is 2.22. The molecule has 2 rings (SSSR count). The molecule has 156 valence electrons. The Morgan fingerprint density at radius 1 is 1.00 bits per heavy atom. The number of rotatable bonds is 10. The molecule has 0 bridgehead atoms. The lowest BCUT2D eigenvalue weighted by molar-refractivity contribution is 0.0828. The Morgan fingerprint density at radius 3 is 2.38 bits per heavy atom. The molecule has 0 amide bonds. The van der Waals surface area contributed by atoms with Crippen molar-refractivity contribution in [1.82, 2.24) is 0 Å². The van der Waals surface area contributed by atoms with Gasteiger partial charge in [-0.2, -0.15) is 0 Å². The average molecular weight is 397 g/mol. The Hall–Kier alpha value is -2.40. The summed E-state index contributed by atoms with van der Waals surface area (Å²) in [5.41, 5.74) is 3.86. The normalized spacial score (nSPS) is 12.6. The number of benzene rings is 2. The van der Waals surface area contributed by atoms with Crippen LogP contribution in [-0.4, -0.2) is 20.9 Å². The van der Waals surface area contributed by atoms with Gasteiger partial charge in [0, 0.05) is 0 Å². The Morgan fingerprint density at radius 2 is 1.72 bits per heavy atom. The second kappa shape index (κ2) is 11.0. The third kappa shape index (κ3) is 6.57. The van der Waals surface area contributed by atoms with Crippen molar-refractivity contribution in [2.24, 2.45) is 0 Å². The van der Waals surface area contributed by atoms with Crippen molar-refractivity contribution in [3.05, 3.63) is 82.9 Å². The van der Waals surface area contributed by atoms with Gasteiger partial charge in [0.05, 0.1) is 18.8 Å². The smallest absolute Gasteiger partial charge is 0.120 e. The highest BCUT2D eigenvalue weighted by molar-refractivity contribution is 5.65. The van der Waals surface area contributed by atoms with Crippen molar-refractivity contribution < 1.29 is 20.1 Å². The van der Waals surface area contributed by atoms with Gasteiger partial charge in [0.25, 0.3) is 0 Å². The van der Waals surface area contributed by atoms with Gasteiger partial charge in [0.15, 0.2) is 0 Å². The first kappa shape index (κ1) is 22.9. The Labute approximate surface area is 173 Å². The second-order valence-corrected chi connectivity index (χ2v) is 7.26. The zero-order valence-electron chi connectivity index (χ0n) is 17.6. The number of aliphatic hydroxyl groups is 3. The second-order valence-electron chi connectivity index (χ2n) is 7.26. The molecule has 2 aromatic carbocycles. The first-order valence-electron chi connectivity index (χ1n) is 10.1. The van der Waals surface area contributed by atoms with Crippen LogP contribution in [0.15, 0.2) is 60.7 Å². The third-order valence-electron chi connectivity index (χ3n) is 5.28. The maximum atomic E-state index is 10.3. The van der Waals surface area contributed by atoms with Crippen molar-refractivity contribution in [3.63, 3.8) is 0 Å². The lowest BCUT2D eigenvalue weighted by Crippen LogP contribution is -2.22. The van der Waals surface area contributed by atoms with Crippen molar-refractivity contribution in [2.45, 2.75) is 59.0 Å². The van der Waals surface area contributed by atoms with Crippen LogP contribution in [0.4, 0.5) is 0 Å². The molecule has 0 saturated heterocycles. The predicted molar refractivity (Wildman–Crippen MR) is 117 cm³/mol. The highest BCUT2D eigenvalue weighted by Gasteiger charge is 2.16.